The highest BCUT2D eigenvalue weighted by Gasteiger charge is 2.42. The first-order chi connectivity index (χ1) is 20.6. The minimum absolute atomic E-state index is 0.0197. The van der Waals surface area contributed by atoms with Gasteiger partial charge in [-0.15, -0.1) is 0 Å². The molecule has 44 heavy (non-hydrogen) atoms. The molecule has 1 aliphatic heterocycles. The highest BCUT2D eigenvalue weighted by molar-refractivity contribution is 7.85. The number of hydrogen-bond donors (Lipinski definition) is 3. The van der Waals surface area contributed by atoms with Crippen molar-refractivity contribution in [3.8, 4) is 5.75 Å². The Hall–Kier alpha value is -3.99. The molecule has 1 saturated heterocycles. The van der Waals surface area contributed by atoms with Crippen LogP contribution in [0.1, 0.15) is 43.2 Å². The number of carbonyl (C=O) groups is 3. The third-order valence-corrected chi connectivity index (χ3v) is 7.34. The van der Waals surface area contributed by atoms with Crippen molar-refractivity contribution in [1.29, 1.82) is 0 Å². The van der Waals surface area contributed by atoms with Gasteiger partial charge in [0.25, 0.3) is 16.0 Å². The highest BCUT2D eigenvalue weighted by atomic mass is 32.2. The molecule has 15 nitrogen and oxygen atoms in total. The summed E-state index contributed by atoms with van der Waals surface area (Å²) < 4.78 is 54.9. The molecular weight excluding hydrogens is 600 g/mol. The van der Waals surface area contributed by atoms with E-state index in [0.29, 0.717) is 5.56 Å². The van der Waals surface area contributed by atoms with E-state index in [-0.39, 0.29) is 37.6 Å². The average Bonchev–Trinajstić information content (AvgIpc) is 3.21. The molecule has 16 heteroatoms. The SMILES string of the molecule is COC(CN1C(=O)C(CS(=O)(=O)O)C[C@H]1CNC(=O)c1c(OCc2ccccc2)c(=O)ccn1NC(=O)OC(C)(C)C)OC. The van der Waals surface area contributed by atoms with Crippen LogP contribution in [0.25, 0.3) is 0 Å². The predicted octanol–water partition coefficient (Wildman–Crippen LogP) is 1.36. The van der Waals surface area contributed by atoms with E-state index in [2.05, 4.69) is 10.7 Å². The first-order valence-electron chi connectivity index (χ1n) is 13.6. The zero-order valence-electron chi connectivity index (χ0n) is 25.1. The minimum Gasteiger partial charge on any atom is -0.482 e. The van der Waals surface area contributed by atoms with E-state index in [1.54, 1.807) is 45.0 Å². The zero-order chi connectivity index (χ0) is 32.7. The molecule has 3 amide bonds. The predicted molar refractivity (Wildman–Crippen MR) is 157 cm³/mol. The second kappa shape index (κ2) is 14.7. The average molecular weight is 639 g/mol. The molecule has 2 atom stereocenters. The molecule has 0 bridgehead atoms. The number of methoxy groups -OCH3 is 2. The van der Waals surface area contributed by atoms with Crippen LogP contribution in [0.5, 0.6) is 5.75 Å². The summed E-state index contributed by atoms with van der Waals surface area (Å²) in [5.41, 5.74) is 1.28. The van der Waals surface area contributed by atoms with Gasteiger partial charge in [-0.3, -0.25) is 18.9 Å². The summed E-state index contributed by atoms with van der Waals surface area (Å²) in [6.45, 7) is 4.62. The number of rotatable bonds is 13. The van der Waals surface area contributed by atoms with E-state index in [1.807, 2.05) is 6.07 Å². The molecule has 1 aliphatic rings. The van der Waals surface area contributed by atoms with Crippen molar-refractivity contribution in [1.82, 2.24) is 14.9 Å². The monoisotopic (exact) mass is 638 g/mol. The summed E-state index contributed by atoms with van der Waals surface area (Å²) >= 11 is 0. The number of nitrogens with zero attached hydrogens (tertiary/aromatic N) is 2. The van der Waals surface area contributed by atoms with Crippen molar-refractivity contribution in [2.75, 3.05) is 38.5 Å². The lowest BCUT2D eigenvalue weighted by atomic mass is 10.1. The molecule has 0 radical (unpaired) electrons. The van der Waals surface area contributed by atoms with Crippen LogP contribution < -0.4 is 20.9 Å². The van der Waals surface area contributed by atoms with Crippen molar-refractivity contribution in [3.05, 3.63) is 64.1 Å². The summed E-state index contributed by atoms with van der Waals surface area (Å²) in [7, 11) is -1.74. The summed E-state index contributed by atoms with van der Waals surface area (Å²) in [5.74, 6) is -3.65. The molecule has 2 heterocycles. The van der Waals surface area contributed by atoms with Gasteiger partial charge in [-0.25, -0.2) is 14.9 Å². The van der Waals surface area contributed by atoms with Crippen molar-refractivity contribution in [2.45, 2.75) is 51.7 Å². The van der Waals surface area contributed by atoms with Crippen molar-refractivity contribution < 1.29 is 46.3 Å². The number of ether oxygens (including phenoxy) is 4. The van der Waals surface area contributed by atoms with E-state index in [0.717, 1.165) is 10.7 Å². The van der Waals surface area contributed by atoms with E-state index in [9.17, 15) is 32.1 Å². The number of benzene rings is 1. The quantitative estimate of drug-likeness (QED) is 0.212. The van der Waals surface area contributed by atoms with Gasteiger partial charge in [0.05, 0.1) is 24.3 Å². The molecule has 0 spiro atoms. The Morgan fingerprint density at radius 3 is 2.34 bits per heavy atom. The third-order valence-electron chi connectivity index (χ3n) is 6.52. The number of aromatic nitrogens is 1. The summed E-state index contributed by atoms with van der Waals surface area (Å²) in [6, 6.07) is 9.28. The number of likely N-dealkylation sites (tertiary alicyclic amines) is 1. The number of nitrogens with one attached hydrogen (secondary N) is 2. The molecule has 3 rings (SSSR count). The molecule has 0 saturated carbocycles. The van der Waals surface area contributed by atoms with Crippen LogP contribution in [0.3, 0.4) is 0 Å². The Kier molecular flexibility index (Phi) is 11.5. The molecule has 1 fully saturated rings. The zero-order valence-corrected chi connectivity index (χ0v) is 26.0. The summed E-state index contributed by atoms with van der Waals surface area (Å²) in [4.78, 5) is 53.6. The fourth-order valence-electron chi connectivity index (χ4n) is 4.59. The smallest absolute Gasteiger partial charge is 0.426 e. The normalized spacial score (nSPS) is 17.1. The van der Waals surface area contributed by atoms with Crippen LogP contribution in [-0.2, 0) is 35.7 Å². The lowest BCUT2D eigenvalue weighted by Gasteiger charge is -2.28. The fraction of sp³-hybridized carbons (Fsp3) is 0.500. The maximum absolute atomic E-state index is 13.7. The Morgan fingerprint density at radius 1 is 1.09 bits per heavy atom. The molecule has 1 aromatic heterocycles. The van der Waals surface area contributed by atoms with Gasteiger partial charge in [0, 0.05) is 33.0 Å². The Balaban J connectivity index is 1.92. The van der Waals surface area contributed by atoms with Crippen LogP contribution in [-0.4, -0.2) is 91.4 Å². The van der Waals surface area contributed by atoms with Crippen LogP contribution >= 0.6 is 0 Å². The maximum atomic E-state index is 13.7. The molecule has 242 valence electrons. The maximum Gasteiger partial charge on any atom is 0.426 e. The second-order valence-corrected chi connectivity index (χ2v) is 12.5. The van der Waals surface area contributed by atoms with Gasteiger partial charge in [0.15, 0.2) is 17.7 Å². The van der Waals surface area contributed by atoms with E-state index in [4.69, 9.17) is 18.9 Å². The largest absolute Gasteiger partial charge is 0.482 e. The Labute approximate surface area is 255 Å². The van der Waals surface area contributed by atoms with Crippen molar-refractivity contribution in [3.63, 3.8) is 0 Å². The second-order valence-electron chi connectivity index (χ2n) is 11.1. The summed E-state index contributed by atoms with van der Waals surface area (Å²) in [5, 5.41) is 2.65. The first kappa shape index (κ1) is 34.5. The van der Waals surface area contributed by atoms with Gasteiger partial charge in [0.1, 0.15) is 12.2 Å². The highest BCUT2D eigenvalue weighted by Crippen LogP contribution is 2.27. The third kappa shape index (κ3) is 9.77. The van der Waals surface area contributed by atoms with Gasteiger partial charge < -0.3 is 29.2 Å². The molecule has 0 aliphatic carbocycles. The van der Waals surface area contributed by atoms with Crippen molar-refractivity contribution in [2.24, 2.45) is 5.92 Å². The molecule has 1 aromatic carbocycles. The van der Waals surface area contributed by atoms with Crippen LogP contribution in [0.4, 0.5) is 4.79 Å². The Morgan fingerprint density at radius 2 is 1.75 bits per heavy atom. The van der Waals surface area contributed by atoms with E-state index >= 15 is 0 Å². The van der Waals surface area contributed by atoms with Gasteiger partial charge in [-0.2, -0.15) is 8.42 Å². The number of carbonyl (C=O) groups excluding carboxylic acids is 3. The van der Waals surface area contributed by atoms with Crippen LogP contribution in [0, 0.1) is 5.92 Å². The lowest BCUT2D eigenvalue weighted by Crippen LogP contribution is -2.46. The molecule has 1 unspecified atom stereocenters. The molecule has 3 N–H and O–H groups in total. The standard InChI is InChI=1S/C28H38N4O11S/c1-28(2,3)43-27(36)30-32-12-11-21(33)24(42-16-18-9-7-6-8-10-18)23(32)25(34)29-14-20-13-19(17-44(37,38)39)26(35)31(20)15-22(40-4)41-5/h6-12,19-20,22H,13-17H2,1-5H3,(H,29,34)(H,30,36)(H,37,38,39)/t19?,20-/m0/s1. The fourth-order valence-corrected chi connectivity index (χ4v) is 5.38. The van der Waals surface area contributed by atoms with E-state index < -0.39 is 63.1 Å². The topological polar surface area (TPSA) is 192 Å². The van der Waals surface area contributed by atoms with Crippen molar-refractivity contribution >= 4 is 28.0 Å². The number of pyridine rings is 1. The number of amides is 3. The van der Waals surface area contributed by atoms with Crippen LogP contribution in [0.2, 0.25) is 0 Å². The first-order valence-corrected chi connectivity index (χ1v) is 15.2. The van der Waals surface area contributed by atoms with Gasteiger partial charge >= 0.3 is 6.09 Å². The van der Waals surface area contributed by atoms with E-state index in [1.165, 1.54) is 25.3 Å². The Bertz CT molecular complexity index is 1490. The molecule has 2 aromatic rings. The van der Waals surface area contributed by atoms with Crippen LogP contribution in [0.15, 0.2) is 47.4 Å². The minimum atomic E-state index is -4.48. The molecular formula is C28H38N4O11S. The lowest BCUT2D eigenvalue weighted by molar-refractivity contribution is -0.145. The summed E-state index contributed by atoms with van der Waals surface area (Å²) in [6.07, 6.45) is -0.605. The van der Waals surface area contributed by atoms with Gasteiger partial charge in [-0.1, -0.05) is 30.3 Å². The van der Waals surface area contributed by atoms with Gasteiger partial charge in [0.2, 0.25) is 11.3 Å². The van der Waals surface area contributed by atoms with Gasteiger partial charge in [-0.05, 0) is 32.8 Å². The number of hydrogen-bond acceptors (Lipinski definition) is 10.